The summed E-state index contributed by atoms with van der Waals surface area (Å²) in [6.07, 6.45) is 2.41. The van der Waals surface area contributed by atoms with E-state index in [-0.39, 0.29) is 10.9 Å². The third-order valence-corrected chi connectivity index (χ3v) is 4.49. The lowest BCUT2D eigenvalue weighted by Gasteiger charge is -2.18. The number of halogens is 1. The van der Waals surface area contributed by atoms with E-state index in [1.54, 1.807) is 43.7 Å². The number of pyridine rings is 2. The van der Waals surface area contributed by atoms with E-state index in [4.69, 9.17) is 4.74 Å². The zero-order valence-electron chi connectivity index (χ0n) is 16.7. The van der Waals surface area contributed by atoms with Crippen LogP contribution in [0.25, 0.3) is 10.9 Å². The van der Waals surface area contributed by atoms with E-state index in [0.717, 1.165) is 15.7 Å². The van der Waals surface area contributed by atoms with Gasteiger partial charge in [-0.05, 0) is 54.9 Å². The molecule has 9 heteroatoms. The first-order valence-electron chi connectivity index (χ1n) is 9.13. The number of ether oxygens (including phenoxy) is 1. The summed E-state index contributed by atoms with van der Waals surface area (Å²) in [5.41, 5.74) is 3.05. The largest absolute Gasteiger partial charge is 0.478 e. The van der Waals surface area contributed by atoms with Crippen LogP contribution in [0.5, 0.6) is 0 Å². The van der Waals surface area contributed by atoms with Crippen molar-refractivity contribution in [3.05, 3.63) is 69.9 Å². The molecule has 2 aromatic heterocycles. The Balaban J connectivity index is 2.11. The first kappa shape index (κ1) is 21.5. The zero-order chi connectivity index (χ0) is 21.9. The summed E-state index contributed by atoms with van der Waals surface area (Å²) < 4.78 is 7.83. The molecule has 3 rings (SSSR count). The van der Waals surface area contributed by atoms with E-state index in [9.17, 15) is 14.7 Å². The van der Waals surface area contributed by atoms with E-state index >= 15 is 0 Å². The SMILES string of the molecule is CC(C)(C)OC(=O)N/N=c1\c(C(=O)O)cn(Cc2ccc(Br)cn2)c2ccccc12. The molecule has 0 aliphatic rings. The second-order valence-electron chi connectivity index (χ2n) is 7.53. The van der Waals surface area contributed by atoms with E-state index in [0.29, 0.717) is 11.9 Å². The number of rotatable bonds is 4. The Labute approximate surface area is 181 Å². The molecule has 2 N–H and O–H groups in total. The molecule has 0 atom stereocenters. The Morgan fingerprint density at radius 2 is 1.97 bits per heavy atom. The lowest BCUT2D eigenvalue weighted by atomic mass is 10.1. The monoisotopic (exact) mass is 472 g/mol. The van der Waals surface area contributed by atoms with E-state index in [2.05, 4.69) is 31.4 Å². The van der Waals surface area contributed by atoms with Gasteiger partial charge in [0.05, 0.1) is 17.8 Å². The van der Waals surface area contributed by atoms with Gasteiger partial charge in [-0.1, -0.05) is 18.2 Å². The first-order valence-corrected chi connectivity index (χ1v) is 9.92. The van der Waals surface area contributed by atoms with Crippen LogP contribution < -0.4 is 10.8 Å². The van der Waals surface area contributed by atoms with Gasteiger partial charge in [-0.3, -0.25) is 4.98 Å². The van der Waals surface area contributed by atoms with Gasteiger partial charge in [0.2, 0.25) is 0 Å². The summed E-state index contributed by atoms with van der Waals surface area (Å²) in [6.45, 7) is 5.55. The molecule has 0 bridgehead atoms. The van der Waals surface area contributed by atoms with Crippen molar-refractivity contribution in [3.8, 4) is 0 Å². The topological polar surface area (TPSA) is 106 Å². The number of carboxylic acid groups (broad SMARTS) is 1. The third-order valence-electron chi connectivity index (χ3n) is 4.02. The standard InChI is InChI=1S/C21H21BrN4O4/c1-21(2,3)30-20(29)25-24-18-15-6-4-5-7-17(15)26(12-16(18)19(27)28)11-14-9-8-13(22)10-23-14/h4-10,12H,11H2,1-3H3,(H,25,29)(H,27,28)/b24-18-. The number of nitrogens with zero attached hydrogens (tertiary/aromatic N) is 3. The number of hydrogen-bond donors (Lipinski definition) is 2. The fraction of sp³-hybridized carbons (Fsp3) is 0.238. The minimum atomic E-state index is -1.16. The Morgan fingerprint density at radius 1 is 1.23 bits per heavy atom. The van der Waals surface area contributed by atoms with Gasteiger partial charge < -0.3 is 14.4 Å². The number of carbonyl (C=O) groups is 2. The number of aromatic carboxylic acids is 1. The molecule has 0 radical (unpaired) electrons. The Bertz CT molecular complexity index is 1160. The van der Waals surface area contributed by atoms with Crippen LogP contribution in [0, 0.1) is 0 Å². The maximum atomic E-state index is 12.0. The third kappa shape index (κ3) is 5.24. The van der Waals surface area contributed by atoms with Gasteiger partial charge in [0.1, 0.15) is 16.5 Å². The lowest BCUT2D eigenvalue weighted by Crippen LogP contribution is -2.32. The number of carbonyl (C=O) groups excluding carboxylic acids is 1. The van der Waals surface area contributed by atoms with Crippen molar-refractivity contribution in [1.82, 2.24) is 15.0 Å². The molecule has 156 valence electrons. The minimum absolute atomic E-state index is 0.0538. The number of fused-ring (bicyclic) bond motifs is 1. The summed E-state index contributed by atoms with van der Waals surface area (Å²) in [7, 11) is 0. The van der Waals surface area contributed by atoms with Crippen LogP contribution in [0.2, 0.25) is 0 Å². The minimum Gasteiger partial charge on any atom is -0.478 e. The molecule has 0 saturated heterocycles. The normalized spacial score (nSPS) is 12.1. The average molecular weight is 473 g/mol. The number of aromatic nitrogens is 2. The lowest BCUT2D eigenvalue weighted by molar-refractivity contribution is 0.0524. The first-order chi connectivity index (χ1) is 14.1. The molecule has 1 amide bonds. The maximum absolute atomic E-state index is 12.0. The predicted octanol–water partition coefficient (Wildman–Crippen LogP) is 3.89. The summed E-state index contributed by atoms with van der Waals surface area (Å²) in [5, 5.41) is 14.5. The zero-order valence-corrected chi connectivity index (χ0v) is 18.3. The highest BCUT2D eigenvalue weighted by Gasteiger charge is 2.17. The van der Waals surface area contributed by atoms with E-state index in [1.165, 1.54) is 6.20 Å². The quantitative estimate of drug-likeness (QED) is 0.560. The van der Waals surface area contributed by atoms with Gasteiger partial charge in [-0.15, -0.1) is 0 Å². The van der Waals surface area contributed by atoms with Gasteiger partial charge in [-0.2, -0.15) is 5.10 Å². The number of para-hydroxylation sites is 1. The predicted molar refractivity (Wildman–Crippen MR) is 115 cm³/mol. The van der Waals surface area contributed by atoms with Crippen molar-refractivity contribution in [2.45, 2.75) is 32.9 Å². The van der Waals surface area contributed by atoms with Crippen LogP contribution in [0.1, 0.15) is 36.8 Å². The highest BCUT2D eigenvalue weighted by Crippen LogP contribution is 2.15. The molecule has 0 aliphatic heterocycles. The van der Waals surface area contributed by atoms with E-state index in [1.807, 2.05) is 24.3 Å². The van der Waals surface area contributed by atoms with Gasteiger partial charge in [0, 0.05) is 22.3 Å². The smallest absolute Gasteiger partial charge is 0.428 e. The van der Waals surface area contributed by atoms with Crippen LogP contribution >= 0.6 is 15.9 Å². The van der Waals surface area contributed by atoms with Crippen molar-refractivity contribution in [1.29, 1.82) is 0 Å². The van der Waals surface area contributed by atoms with Crippen LogP contribution in [-0.2, 0) is 11.3 Å². The maximum Gasteiger partial charge on any atom is 0.428 e. The van der Waals surface area contributed by atoms with Crippen LogP contribution in [0.3, 0.4) is 0 Å². The van der Waals surface area contributed by atoms with Gasteiger partial charge >= 0.3 is 12.1 Å². The Kier molecular flexibility index (Phi) is 6.21. The van der Waals surface area contributed by atoms with Crippen molar-refractivity contribution < 1.29 is 19.4 Å². The second-order valence-corrected chi connectivity index (χ2v) is 8.45. The van der Waals surface area contributed by atoms with E-state index < -0.39 is 17.7 Å². The summed E-state index contributed by atoms with van der Waals surface area (Å²) in [4.78, 5) is 28.3. The summed E-state index contributed by atoms with van der Waals surface area (Å²) >= 11 is 3.35. The summed E-state index contributed by atoms with van der Waals surface area (Å²) in [5.74, 6) is -1.16. The number of hydrogen-bond acceptors (Lipinski definition) is 5. The van der Waals surface area contributed by atoms with Gasteiger partial charge in [0.25, 0.3) is 0 Å². The Morgan fingerprint density at radius 3 is 2.60 bits per heavy atom. The highest BCUT2D eigenvalue weighted by molar-refractivity contribution is 9.10. The van der Waals surface area contributed by atoms with Crippen molar-refractivity contribution in [2.24, 2.45) is 5.10 Å². The van der Waals surface area contributed by atoms with Crippen LogP contribution in [0.4, 0.5) is 4.79 Å². The number of amides is 1. The molecule has 8 nitrogen and oxygen atoms in total. The molecule has 0 aliphatic carbocycles. The fourth-order valence-electron chi connectivity index (χ4n) is 2.84. The number of carboxylic acids is 1. The molecule has 30 heavy (non-hydrogen) atoms. The average Bonchev–Trinajstić information content (AvgIpc) is 2.67. The van der Waals surface area contributed by atoms with Crippen molar-refractivity contribution in [2.75, 3.05) is 0 Å². The molecule has 0 fully saturated rings. The molecule has 3 aromatic rings. The molecule has 2 heterocycles. The van der Waals surface area contributed by atoms with Gasteiger partial charge in [0.15, 0.2) is 0 Å². The molecule has 0 spiro atoms. The molecule has 0 saturated carbocycles. The number of nitrogens with one attached hydrogen (secondary N) is 1. The molecular formula is C21H21BrN4O4. The molecular weight excluding hydrogens is 452 g/mol. The number of benzene rings is 1. The summed E-state index contributed by atoms with van der Waals surface area (Å²) in [6, 6.07) is 11.0. The fourth-order valence-corrected chi connectivity index (χ4v) is 3.08. The van der Waals surface area contributed by atoms with Gasteiger partial charge in [-0.25, -0.2) is 15.0 Å². The van der Waals surface area contributed by atoms with Crippen molar-refractivity contribution >= 4 is 38.9 Å². The highest BCUT2D eigenvalue weighted by atomic mass is 79.9. The van der Waals surface area contributed by atoms with Crippen LogP contribution in [-0.4, -0.2) is 32.3 Å². The Hall–Kier alpha value is -3.20. The van der Waals surface area contributed by atoms with Crippen LogP contribution in [0.15, 0.2) is 58.4 Å². The molecule has 1 aromatic carbocycles. The second kappa shape index (κ2) is 8.66. The molecule has 0 unspecified atom stereocenters. The van der Waals surface area contributed by atoms with Crippen molar-refractivity contribution in [3.63, 3.8) is 0 Å².